The Kier molecular flexibility index (Phi) is 5.46. The van der Waals surface area contributed by atoms with Crippen molar-refractivity contribution in [2.75, 3.05) is 46.3 Å². The number of carbonyl (C=O) groups excluding carboxylic acids is 1. The number of likely N-dealkylation sites (tertiary alicyclic amines) is 1. The number of nitrogens with zero attached hydrogens (tertiary/aromatic N) is 3. The molecular weight excluding hydrogens is 338 g/mol. The lowest BCUT2D eigenvalue weighted by molar-refractivity contribution is 0.0697. The first kappa shape index (κ1) is 18.4. The molecule has 0 unspecified atom stereocenters. The third-order valence-corrected chi connectivity index (χ3v) is 7.19. The molecule has 138 valence electrons. The molecule has 2 fully saturated rings. The van der Waals surface area contributed by atoms with E-state index >= 15 is 0 Å². The predicted octanol–water partition coefficient (Wildman–Crippen LogP) is 1.49. The van der Waals surface area contributed by atoms with E-state index in [1.165, 1.54) is 4.31 Å². The van der Waals surface area contributed by atoms with Gasteiger partial charge < -0.3 is 9.80 Å². The van der Waals surface area contributed by atoms with Crippen molar-refractivity contribution < 1.29 is 13.2 Å². The van der Waals surface area contributed by atoms with E-state index < -0.39 is 10.0 Å². The summed E-state index contributed by atoms with van der Waals surface area (Å²) in [5, 5.41) is 0. The highest BCUT2D eigenvalue weighted by atomic mass is 32.2. The van der Waals surface area contributed by atoms with E-state index in [-0.39, 0.29) is 10.8 Å². The molecule has 0 radical (unpaired) electrons. The summed E-state index contributed by atoms with van der Waals surface area (Å²) in [5.74, 6) is 0.663. The zero-order valence-corrected chi connectivity index (χ0v) is 15.8. The summed E-state index contributed by atoms with van der Waals surface area (Å²) >= 11 is 0. The number of piperidine rings is 1. The van der Waals surface area contributed by atoms with E-state index in [2.05, 4.69) is 11.8 Å². The van der Waals surface area contributed by atoms with Crippen molar-refractivity contribution in [2.45, 2.75) is 24.7 Å². The zero-order valence-electron chi connectivity index (χ0n) is 15.0. The molecule has 0 bridgehead atoms. The molecule has 1 amide bonds. The van der Waals surface area contributed by atoms with Crippen LogP contribution in [-0.2, 0) is 10.0 Å². The normalized spacial score (nSPS) is 21.4. The van der Waals surface area contributed by atoms with Gasteiger partial charge in [0.2, 0.25) is 10.0 Å². The Balaban J connectivity index is 1.70. The van der Waals surface area contributed by atoms with Gasteiger partial charge in [-0.05, 0) is 50.1 Å². The molecule has 2 aliphatic rings. The van der Waals surface area contributed by atoms with Crippen molar-refractivity contribution in [2.24, 2.45) is 5.92 Å². The SMILES string of the molecule is CC1CCN(C(=O)c2ccc(S(=O)(=O)N3CCN(C)CC3)cc2)CC1. The second-order valence-corrected chi connectivity index (χ2v) is 9.14. The van der Waals surface area contributed by atoms with Gasteiger partial charge in [0.15, 0.2) is 0 Å². The highest BCUT2D eigenvalue weighted by molar-refractivity contribution is 7.89. The number of rotatable bonds is 3. The van der Waals surface area contributed by atoms with Crippen LogP contribution in [0.3, 0.4) is 0 Å². The molecule has 1 aromatic carbocycles. The molecule has 3 rings (SSSR count). The Morgan fingerprint density at radius 1 is 0.960 bits per heavy atom. The summed E-state index contributed by atoms with van der Waals surface area (Å²) in [6, 6.07) is 6.41. The number of benzene rings is 1. The van der Waals surface area contributed by atoms with Crippen LogP contribution < -0.4 is 0 Å². The zero-order chi connectivity index (χ0) is 18.0. The molecule has 1 aromatic rings. The van der Waals surface area contributed by atoms with E-state index in [0.717, 1.165) is 39.0 Å². The molecule has 7 heteroatoms. The third kappa shape index (κ3) is 4.04. The second kappa shape index (κ2) is 7.43. The van der Waals surface area contributed by atoms with Crippen LogP contribution in [0.5, 0.6) is 0 Å². The summed E-state index contributed by atoms with van der Waals surface area (Å²) in [7, 11) is -1.49. The number of carbonyl (C=O) groups is 1. The number of amides is 1. The molecule has 0 spiro atoms. The predicted molar refractivity (Wildman–Crippen MR) is 97.0 cm³/mol. The van der Waals surface area contributed by atoms with Crippen molar-refractivity contribution in [3.05, 3.63) is 29.8 Å². The van der Waals surface area contributed by atoms with Crippen molar-refractivity contribution in [1.29, 1.82) is 0 Å². The minimum absolute atomic E-state index is 0.00422. The minimum atomic E-state index is -3.48. The standard InChI is InChI=1S/C18H27N3O3S/c1-15-7-9-20(10-8-15)18(22)16-3-5-17(6-4-16)25(23,24)21-13-11-19(2)12-14-21/h3-6,15H,7-14H2,1-2H3. The van der Waals surface area contributed by atoms with E-state index in [1.54, 1.807) is 24.3 Å². The van der Waals surface area contributed by atoms with Crippen LogP contribution >= 0.6 is 0 Å². The smallest absolute Gasteiger partial charge is 0.253 e. The molecule has 25 heavy (non-hydrogen) atoms. The summed E-state index contributed by atoms with van der Waals surface area (Å²) in [4.78, 5) is 16.8. The van der Waals surface area contributed by atoms with Crippen LogP contribution in [0.4, 0.5) is 0 Å². The molecular formula is C18H27N3O3S. The van der Waals surface area contributed by atoms with Gasteiger partial charge in [-0.2, -0.15) is 4.31 Å². The van der Waals surface area contributed by atoms with E-state index in [1.807, 2.05) is 11.9 Å². The molecule has 2 aliphatic heterocycles. The van der Waals surface area contributed by atoms with Crippen molar-refractivity contribution in [3.8, 4) is 0 Å². The first-order chi connectivity index (χ1) is 11.9. The Bertz CT molecular complexity index is 702. The Morgan fingerprint density at radius 2 is 1.52 bits per heavy atom. The lowest BCUT2D eigenvalue weighted by atomic mass is 9.98. The summed E-state index contributed by atoms with van der Waals surface area (Å²) in [6.45, 7) is 6.26. The van der Waals surface area contributed by atoms with Gasteiger partial charge in [0.1, 0.15) is 0 Å². The summed E-state index contributed by atoms with van der Waals surface area (Å²) in [6.07, 6.45) is 2.06. The number of hydrogen-bond acceptors (Lipinski definition) is 4. The molecule has 0 saturated carbocycles. The Morgan fingerprint density at radius 3 is 2.08 bits per heavy atom. The highest BCUT2D eigenvalue weighted by Crippen LogP contribution is 2.21. The maximum Gasteiger partial charge on any atom is 0.253 e. The van der Waals surface area contributed by atoms with Gasteiger partial charge in [-0.3, -0.25) is 4.79 Å². The van der Waals surface area contributed by atoms with Gasteiger partial charge in [-0.15, -0.1) is 0 Å². The topological polar surface area (TPSA) is 60.9 Å². The average molecular weight is 365 g/mol. The monoisotopic (exact) mass is 365 g/mol. The van der Waals surface area contributed by atoms with Crippen LogP contribution in [-0.4, -0.2) is 74.7 Å². The van der Waals surface area contributed by atoms with E-state index in [0.29, 0.717) is 24.6 Å². The molecule has 2 saturated heterocycles. The molecule has 0 aliphatic carbocycles. The van der Waals surface area contributed by atoms with Crippen molar-refractivity contribution in [1.82, 2.24) is 14.1 Å². The fourth-order valence-electron chi connectivity index (χ4n) is 3.34. The first-order valence-corrected chi connectivity index (χ1v) is 10.4. The van der Waals surface area contributed by atoms with Gasteiger partial charge in [-0.25, -0.2) is 8.42 Å². The van der Waals surface area contributed by atoms with E-state index in [9.17, 15) is 13.2 Å². The van der Waals surface area contributed by atoms with Gasteiger partial charge in [0.05, 0.1) is 4.90 Å². The quantitative estimate of drug-likeness (QED) is 0.814. The molecule has 0 aromatic heterocycles. The third-order valence-electron chi connectivity index (χ3n) is 5.27. The molecule has 0 atom stereocenters. The Hall–Kier alpha value is -1.44. The van der Waals surface area contributed by atoms with Gasteiger partial charge in [-0.1, -0.05) is 6.92 Å². The number of hydrogen-bond donors (Lipinski definition) is 0. The highest BCUT2D eigenvalue weighted by Gasteiger charge is 2.28. The van der Waals surface area contributed by atoms with Crippen LogP contribution in [0.1, 0.15) is 30.1 Å². The maximum atomic E-state index is 12.7. The minimum Gasteiger partial charge on any atom is -0.339 e. The Labute approximate surface area is 150 Å². The lowest BCUT2D eigenvalue weighted by Crippen LogP contribution is -2.47. The number of sulfonamides is 1. The van der Waals surface area contributed by atoms with E-state index in [4.69, 9.17) is 0 Å². The van der Waals surface area contributed by atoms with Gasteiger partial charge in [0.25, 0.3) is 5.91 Å². The fraction of sp³-hybridized carbons (Fsp3) is 0.611. The number of piperazine rings is 1. The van der Waals surface area contributed by atoms with Crippen molar-refractivity contribution >= 4 is 15.9 Å². The van der Waals surface area contributed by atoms with Crippen LogP contribution in [0, 0.1) is 5.92 Å². The van der Waals surface area contributed by atoms with Crippen LogP contribution in [0.2, 0.25) is 0 Å². The van der Waals surface area contributed by atoms with Gasteiger partial charge >= 0.3 is 0 Å². The number of likely N-dealkylation sites (N-methyl/N-ethyl adjacent to an activating group) is 1. The van der Waals surface area contributed by atoms with Crippen molar-refractivity contribution in [3.63, 3.8) is 0 Å². The van der Waals surface area contributed by atoms with Crippen LogP contribution in [0.15, 0.2) is 29.2 Å². The molecule has 0 N–H and O–H groups in total. The lowest BCUT2D eigenvalue weighted by Gasteiger charge is -2.31. The van der Waals surface area contributed by atoms with Crippen LogP contribution in [0.25, 0.3) is 0 Å². The van der Waals surface area contributed by atoms with Gasteiger partial charge in [0, 0.05) is 44.8 Å². The molecule has 6 nitrogen and oxygen atoms in total. The molecule has 2 heterocycles. The first-order valence-electron chi connectivity index (χ1n) is 8.96. The average Bonchev–Trinajstić information content (AvgIpc) is 2.62. The largest absolute Gasteiger partial charge is 0.339 e. The summed E-state index contributed by atoms with van der Waals surface area (Å²) in [5.41, 5.74) is 0.562. The fourth-order valence-corrected chi connectivity index (χ4v) is 4.76. The second-order valence-electron chi connectivity index (χ2n) is 7.21. The summed E-state index contributed by atoms with van der Waals surface area (Å²) < 4.78 is 27.0. The maximum absolute atomic E-state index is 12.7.